The van der Waals surface area contributed by atoms with Gasteiger partial charge in [0.1, 0.15) is 11.3 Å². The van der Waals surface area contributed by atoms with Gasteiger partial charge in [-0.2, -0.15) is 5.10 Å². The monoisotopic (exact) mass is 483 g/mol. The maximum absolute atomic E-state index is 12.3. The number of amides is 1. The number of carbonyl (C=O) groups excluding carboxylic acids is 1. The van der Waals surface area contributed by atoms with Crippen molar-refractivity contribution in [3.63, 3.8) is 0 Å². The zero-order valence-electron chi connectivity index (χ0n) is 20.4. The Morgan fingerprint density at radius 1 is 1.14 bits per heavy atom. The van der Waals surface area contributed by atoms with Gasteiger partial charge in [0.2, 0.25) is 5.91 Å². The van der Waals surface area contributed by atoms with Crippen LogP contribution in [-0.4, -0.2) is 56.4 Å². The molecule has 7 rings (SSSR count). The molecule has 4 aromatic rings. The van der Waals surface area contributed by atoms with Gasteiger partial charge in [-0.05, 0) is 37.1 Å². The fourth-order valence-corrected chi connectivity index (χ4v) is 5.79. The molecule has 6 heterocycles. The van der Waals surface area contributed by atoms with Gasteiger partial charge < -0.3 is 24.3 Å². The Bertz CT molecular complexity index is 1470. The van der Waals surface area contributed by atoms with Crippen molar-refractivity contribution in [2.24, 2.45) is 0 Å². The normalized spacial score (nSPS) is 17.8. The Balaban J connectivity index is 1.35. The van der Waals surface area contributed by atoms with Crippen LogP contribution in [0.25, 0.3) is 16.9 Å². The third-order valence-electron chi connectivity index (χ3n) is 7.69. The fraction of sp³-hybridized carbons (Fsp3) is 0.370. The van der Waals surface area contributed by atoms with Gasteiger partial charge in [0.05, 0.1) is 30.3 Å². The molecule has 0 spiro atoms. The van der Waals surface area contributed by atoms with Crippen molar-refractivity contribution < 1.29 is 9.53 Å². The lowest BCUT2D eigenvalue weighted by atomic mass is 10.0. The summed E-state index contributed by atoms with van der Waals surface area (Å²) >= 11 is 0. The van der Waals surface area contributed by atoms with E-state index < -0.39 is 0 Å². The Morgan fingerprint density at radius 2 is 2.00 bits per heavy atom. The highest BCUT2D eigenvalue weighted by Gasteiger charge is 2.31. The second kappa shape index (κ2) is 8.37. The number of nitrogens with zero attached hydrogens (tertiary/aromatic N) is 6. The molecule has 184 valence electrons. The predicted octanol–water partition coefficient (Wildman–Crippen LogP) is 3.98. The number of para-hydroxylation sites is 2. The minimum absolute atomic E-state index is 0.104. The second-order valence-corrected chi connectivity index (χ2v) is 9.78. The standard InChI is InChI=1S/C27H29N7O2/c1-18(35)31-12-8-23-21(15-31)26(30-34(23)19-9-13-36-14-10-19)20-5-4-11-32-16-25(29-27(20)32)33-17-28-22-6-2-3-7-24(22)33/h2-7,11,16,19,28H,8-10,12-15,17H2,1H3. The zero-order chi connectivity index (χ0) is 24.2. The molecular formula is C27H29N7O2. The molecule has 0 atom stereocenters. The Hall–Kier alpha value is -3.85. The Morgan fingerprint density at radius 3 is 2.86 bits per heavy atom. The van der Waals surface area contributed by atoms with E-state index >= 15 is 0 Å². The van der Waals surface area contributed by atoms with Gasteiger partial charge in [0.25, 0.3) is 0 Å². The highest BCUT2D eigenvalue weighted by molar-refractivity contribution is 5.83. The lowest BCUT2D eigenvalue weighted by Crippen LogP contribution is -2.35. The van der Waals surface area contributed by atoms with E-state index in [0.29, 0.717) is 19.3 Å². The molecule has 0 bridgehead atoms. The van der Waals surface area contributed by atoms with Crippen molar-refractivity contribution in [3.8, 4) is 11.3 Å². The number of pyridine rings is 1. The second-order valence-electron chi connectivity index (χ2n) is 9.78. The molecule has 9 heteroatoms. The molecule has 0 saturated carbocycles. The summed E-state index contributed by atoms with van der Waals surface area (Å²) in [5.41, 5.74) is 7.44. The highest BCUT2D eigenvalue weighted by Crippen LogP contribution is 2.39. The maximum Gasteiger partial charge on any atom is 0.219 e. The first-order chi connectivity index (χ1) is 17.7. The number of carbonyl (C=O) groups is 1. The summed E-state index contributed by atoms with van der Waals surface area (Å²) in [6.07, 6.45) is 6.85. The van der Waals surface area contributed by atoms with Crippen LogP contribution >= 0.6 is 0 Å². The van der Waals surface area contributed by atoms with Gasteiger partial charge in [-0.1, -0.05) is 12.1 Å². The Kier molecular flexibility index (Phi) is 4.99. The van der Waals surface area contributed by atoms with Crippen LogP contribution in [0.1, 0.15) is 37.1 Å². The summed E-state index contributed by atoms with van der Waals surface area (Å²) in [5, 5.41) is 8.66. The summed E-state index contributed by atoms with van der Waals surface area (Å²) in [6.45, 7) is 5.17. The molecule has 0 unspecified atom stereocenters. The van der Waals surface area contributed by atoms with Crippen LogP contribution in [0.15, 0.2) is 48.8 Å². The number of nitrogens with one attached hydrogen (secondary N) is 1. The van der Waals surface area contributed by atoms with Gasteiger partial charge in [-0.15, -0.1) is 0 Å². The van der Waals surface area contributed by atoms with Crippen LogP contribution in [-0.2, 0) is 22.5 Å². The minimum atomic E-state index is 0.104. The SMILES string of the molecule is CC(=O)N1CCc2c(c(-c3cccn4cc(N5CNc6ccccc65)nc34)nn2C2CCOCC2)C1. The Labute approximate surface area is 209 Å². The van der Waals surface area contributed by atoms with Crippen LogP contribution in [0, 0.1) is 0 Å². The molecular weight excluding hydrogens is 454 g/mol. The average Bonchev–Trinajstić information content (AvgIpc) is 3.63. The molecule has 9 nitrogen and oxygen atoms in total. The van der Waals surface area contributed by atoms with E-state index in [9.17, 15) is 4.79 Å². The molecule has 36 heavy (non-hydrogen) atoms. The van der Waals surface area contributed by atoms with Crippen LogP contribution in [0.2, 0.25) is 0 Å². The summed E-state index contributed by atoms with van der Waals surface area (Å²) < 4.78 is 9.94. The maximum atomic E-state index is 12.3. The van der Waals surface area contributed by atoms with Gasteiger partial charge in [-0.25, -0.2) is 4.98 Å². The summed E-state index contributed by atoms with van der Waals surface area (Å²) in [7, 11) is 0. The van der Waals surface area contributed by atoms with Crippen molar-refractivity contribution in [2.45, 2.75) is 38.8 Å². The molecule has 1 N–H and O–H groups in total. The van der Waals surface area contributed by atoms with E-state index in [1.807, 2.05) is 17.2 Å². The number of hydrogen-bond acceptors (Lipinski definition) is 6. The first-order valence-corrected chi connectivity index (χ1v) is 12.7. The summed E-state index contributed by atoms with van der Waals surface area (Å²) in [5.74, 6) is 0.995. The molecule has 1 amide bonds. The molecule has 0 aliphatic carbocycles. The number of benzene rings is 1. The zero-order valence-corrected chi connectivity index (χ0v) is 20.4. The van der Waals surface area contributed by atoms with E-state index in [1.165, 1.54) is 5.69 Å². The van der Waals surface area contributed by atoms with E-state index in [1.54, 1.807) is 6.92 Å². The summed E-state index contributed by atoms with van der Waals surface area (Å²) in [4.78, 5) is 21.5. The smallest absolute Gasteiger partial charge is 0.219 e. The van der Waals surface area contributed by atoms with Crippen molar-refractivity contribution in [1.82, 2.24) is 24.1 Å². The first-order valence-electron chi connectivity index (χ1n) is 12.7. The highest BCUT2D eigenvalue weighted by atomic mass is 16.5. The van der Waals surface area contributed by atoms with Crippen molar-refractivity contribution in [1.29, 1.82) is 0 Å². The van der Waals surface area contributed by atoms with Crippen LogP contribution in [0.3, 0.4) is 0 Å². The molecule has 3 aliphatic heterocycles. The van der Waals surface area contributed by atoms with Crippen LogP contribution in [0.4, 0.5) is 17.2 Å². The van der Waals surface area contributed by atoms with Gasteiger partial charge >= 0.3 is 0 Å². The van der Waals surface area contributed by atoms with Gasteiger partial charge in [0, 0.05) is 62.7 Å². The van der Waals surface area contributed by atoms with Crippen LogP contribution in [0.5, 0.6) is 0 Å². The summed E-state index contributed by atoms with van der Waals surface area (Å²) in [6, 6.07) is 12.8. The average molecular weight is 484 g/mol. The number of rotatable bonds is 3. The number of imidazole rings is 1. The molecule has 1 saturated heterocycles. The fourth-order valence-electron chi connectivity index (χ4n) is 5.79. The third kappa shape index (κ3) is 3.37. The van der Waals surface area contributed by atoms with E-state index in [2.05, 4.69) is 55.8 Å². The van der Waals surface area contributed by atoms with Crippen molar-refractivity contribution in [2.75, 3.05) is 36.6 Å². The number of fused-ring (bicyclic) bond motifs is 3. The lowest BCUT2D eigenvalue weighted by molar-refractivity contribution is -0.129. The number of aromatic nitrogens is 4. The lowest BCUT2D eigenvalue weighted by Gasteiger charge is -2.29. The number of ether oxygens (including phenoxy) is 1. The predicted molar refractivity (Wildman–Crippen MR) is 137 cm³/mol. The van der Waals surface area contributed by atoms with Gasteiger partial charge in [-0.3, -0.25) is 9.48 Å². The van der Waals surface area contributed by atoms with Crippen molar-refractivity contribution >= 4 is 28.7 Å². The quantitative estimate of drug-likeness (QED) is 0.475. The van der Waals surface area contributed by atoms with E-state index in [4.69, 9.17) is 14.8 Å². The topological polar surface area (TPSA) is 79.9 Å². The van der Waals surface area contributed by atoms with E-state index in [0.717, 1.165) is 78.7 Å². The van der Waals surface area contributed by atoms with Crippen molar-refractivity contribution in [3.05, 3.63) is 60.0 Å². The van der Waals surface area contributed by atoms with E-state index in [-0.39, 0.29) is 5.91 Å². The molecule has 3 aliphatic rings. The number of hydrogen-bond donors (Lipinski definition) is 1. The molecule has 3 aromatic heterocycles. The molecule has 1 aromatic carbocycles. The third-order valence-corrected chi connectivity index (χ3v) is 7.69. The largest absolute Gasteiger partial charge is 0.381 e. The molecule has 0 radical (unpaired) electrons. The minimum Gasteiger partial charge on any atom is -0.381 e. The van der Waals surface area contributed by atoms with Crippen LogP contribution < -0.4 is 10.2 Å². The first kappa shape index (κ1) is 21.4. The molecule has 1 fully saturated rings. The number of anilines is 3. The van der Waals surface area contributed by atoms with Gasteiger partial charge in [0.15, 0.2) is 5.82 Å².